The molecule has 1 aromatic rings. The maximum atomic E-state index is 10.7. The third-order valence-corrected chi connectivity index (χ3v) is 1.97. The lowest BCUT2D eigenvalue weighted by Crippen LogP contribution is -1.94. The van der Waals surface area contributed by atoms with E-state index in [0.29, 0.717) is 5.75 Å². The van der Waals surface area contributed by atoms with E-state index in [0.717, 1.165) is 11.1 Å². The molecule has 0 N–H and O–H groups in total. The van der Waals surface area contributed by atoms with E-state index in [2.05, 4.69) is 29.2 Å². The highest BCUT2D eigenvalue weighted by Gasteiger charge is 1.92. The summed E-state index contributed by atoms with van der Waals surface area (Å²) in [6, 6.07) is 7.56. The highest BCUT2D eigenvalue weighted by Crippen LogP contribution is 2.06. The zero-order valence-corrected chi connectivity index (χ0v) is 8.67. The molecule has 0 saturated heterocycles. The Bertz CT molecular complexity index is 388. The molecule has 0 aliphatic rings. The van der Waals surface area contributed by atoms with Gasteiger partial charge in [0.05, 0.1) is 7.11 Å². The molecule has 2 nitrogen and oxygen atoms in total. The Hall–Kier alpha value is -1.40. The van der Waals surface area contributed by atoms with Gasteiger partial charge in [-0.25, -0.2) is 4.79 Å². The van der Waals surface area contributed by atoms with Gasteiger partial charge in [0.15, 0.2) is 0 Å². The van der Waals surface area contributed by atoms with Gasteiger partial charge in [0.2, 0.25) is 0 Å². The second-order valence-corrected chi connectivity index (χ2v) is 2.92. The standard InChI is InChI=1S/C11H10O2S/c1-13-11(12)6-5-9-3-2-4-10(7-9)8-14/h2-4,7,14H,8H2,1H3. The normalized spacial score (nSPS) is 8.71. The Morgan fingerprint density at radius 2 is 2.36 bits per heavy atom. The third-order valence-electron chi connectivity index (χ3n) is 1.60. The highest BCUT2D eigenvalue weighted by molar-refractivity contribution is 7.79. The first kappa shape index (κ1) is 10.7. The van der Waals surface area contributed by atoms with Crippen molar-refractivity contribution in [2.75, 3.05) is 7.11 Å². The van der Waals surface area contributed by atoms with Gasteiger partial charge in [-0.2, -0.15) is 12.6 Å². The fourth-order valence-electron chi connectivity index (χ4n) is 0.922. The Labute approximate surface area is 88.7 Å². The van der Waals surface area contributed by atoms with Crippen molar-refractivity contribution >= 4 is 18.6 Å². The minimum absolute atomic E-state index is 0.527. The van der Waals surface area contributed by atoms with E-state index in [1.54, 1.807) is 0 Å². The number of thiol groups is 1. The molecule has 72 valence electrons. The van der Waals surface area contributed by atoms with E-state index in [1.165, 1.54) is 7.11 Å². The smallest absolute Gasteiger partial charge is 0.384 e. The van der Waals surface area contributed by atoms with Crippen molar-refractivity contribution in [1.29, 1.82) is 0 Å². The highest BCUT2D eigenvalue weighted by atomic mass is 32.1. The molecule has 0 unspecified atom stereocenters. The van der Waals surface area contributed by atoms with Crippen molar-refractivity contribution in [2.45, 2.75) is 5.75 Å². The van der Waals surface area contributed by atoms with Crippen molar-refractivity contribution in [3.63, 3.8) is 0 Å². The molecule has 0 aliphatic carbocycles. The molecule has 0 aromatic heterocycles. The summed E-state index contributed by atoms with van der Waals surface area (Å²) in [5.41, 5.74) is 1.87. The maximum Gasteiger partial charge on any atom is 0.384 e. The number of esters is 1. The third kappa shape index (κ3) is 3.15. The van der Waals surface area contributed by atoms with Crippen molar-refractivity contribution in [3.8, 4) is 11.8 Å². The molecule has 1 rings (SSSR count). The Morgan fingerprint density at radius 1 is 1.57 bits per heavy atom. The summed E-state index contributed by atoms with van der Waals surface area (Å²) in [5.74, 6) is 5.21. The van der Waals surface area contributed by atoms with Crippen LogP contribution in [0.5, 0.6) is 0 Å². The molecule has 0 amide bonds. The quantitative estimate of drug-likeness (QED) is 0.429. The molecule has 0 aliphatic heterocycles. The average molecular weight is 206 g/mol. The lowest BCUT2D eigenvalue weighted by molar-refractivity contribution is -0.133. The lowest BCUT2D eigenvalue weighted by atomic mass is 10.1. The minimum Gasteiger partial charge on any atom is -0.459 e. The summed E-state index contributed by atoms with van der Waals surface area (Å²) in [7, 11) is 1.31. The largest absolute Gasteiger partial charge is 0.459 e. The number of hydrogen-bond acceptors (Lipinski definition) is 3. The molecule has 0 saturated carbocycles. The van der Waals surface area contributed by atoms with Gasteiger partial charge in [-0.05, 0) is 17.7 Å². The fourth-order valence-corrected chi connectivity index (χ4v) is 1.12. The molecule has 14 heavy (non-hydrogen) atoms. The zero-order chi connectivity index (χ0) is 10.4. The van der Waals surface area contributed by atoms with Gasteiger partial charge in [-0.3, -0.25) is 0 Å². The van der Waals surface area contributed by atoms with E-state index in [-0.39, 0.29) is 0 Å². The molecule has 0 atom stereocenters. The lowest BCUT2D eigenvalue weighted by Gasteiger charge is -1.95. The Kier molecular flexibility index (Phi) is 4.09. The minimum atomic E-state index is -0.527. The van der Waals surface area contributed by atoms with Crippen LogP contribution in [0.15, 0.2) is 24.3 Å². The summed E-state index contributed by atoms with van der Waals surface area (Å²) in [6.07, 6.45) is 0. The SMILES string of the molecule is COC(=O)C#Cc1cccc(CS)c1. The number of hydrogen-bond donors (Lipinski definition) is 1. The predicted molar refractivity (Wildman–Crippen MR) is 58.0 cm³/mol. The van der Waals surface area contributed by atoms with E-state index >= 15 is 0 Å². The molecular formula is C11H10O2S. The van der Waals surface area contributed by atoms with Crippen molar-refractivity contribution in [1.82, 2.24) is 0 Å². The number of ether oxygens (including phenoxy) is 1. The molecule has 1 aromatic carbocycles. The molecular weight excluding hydrogens is 196 g/mol. The first-order chi connectivity index (χ1) is 6.76. The molecule has 0 radical (unpaired) electrons. The number of carbonyl (C=O) groups excluding carboxylic acids is 1. The van der Waals surface area contributed by atoms with Gasteiger partial charge in [-0.15, -0.1) is 0 Å². The van der Waals surface area contributed by atoms with Crippen LogP contribution < -0.4 is 0 Å². The van der Waals surface area contributed by atoms with Gasteiger partial charge in [0, 0.05) is 17.2 Å². The maximum absolute atomic E-state index is 10.7. The number of methoxy groups -OCH3 is 1. The van der Waals surface area contributed by atoms with Crippen LogP contribution >= 0.6 is 12.6 Å². The van der Waals surface area contributed by atoms with Gasteiger partial charge in [0.1, 0.15) is 0 Å². The van der Waals surface area contributed by atoms with Crippen LogP contribution in [-0.4, -0.2) is 13.1 Å². The molecule has 0 spiro atoms. The van der Waals surface area contributed by atoms with Crippen molar-refractivity contribution in [3.05, 3.63) is 35.4 Å². The monoisotopic (exact) mass is 206 g/mol. The fraction of sp³-hybridized carbons (Fsp3) is 0.182. The van der Waals surface area contributed by atoms with Crippen LogP contribution in [-0.2, 0) is 15.3 Å². The first-order valence-electron chi connectivity index (χ1n) is 4.06. The topological polar surface area (TPSA) is 26.3 Å². The summed E-state index contributed by atoms with van der Waals surface area (Å²) < 4.78 is 4.40. The second-order valence-electron chi connectivity index (χ2n) is 2.60. The number of carbonyl (C=O) groups is 1. The summed E-state index contributed by atoms with van der Waals surface area (Å²) in [5, 5.41) is 0. The number of benzene rings is 1. The molecule has 0 bridgehead atoms. The van der Waals surface area contributed by atoms with Crippen LogP contribution in [0.2, 0.25) is 0 Å². The van der Waals surface area contributed by atoms with Gasteiger partial charge >= 0.3 is 5.97 Å². The van der Waals surface area contributed by atoms with Crippen LogP contribution in [0.1, 0.15) is 11.1 Å². The first-order valence-corrected chi connectivity index (χ1v) is 4.69. The summed E-state index contributed by atoms with van der Waals surface area (Å²) in [6.45, 7) is 0. The van der Waals surface area contributed by atoms with Crippen molar-refractivity contribution < 1.29 is 9.53 Å². The van der Waals surface area contributed by atoms with E-state index in [9.17, 15) is 4.79 Å². The van der Waals surface area contributed by atoms with E-state index in [1.807, 2.05) is 24.3 Å². The van der Waals surface area contributed by atoms with Gasteiger partial charge < -0.3 is 4.74 Å². The molecule has 0 heterocycles. The zero-order valence-electron chi connectivity index (χ0n) is 7.78. The van der Waals surface area contributed by atoms with E-state index < -0.39 is 5.97 Å². The van der Waals surface area contributed by atoms with Gasteiger partial charge in [0.25, 0.3) is 0 Å². The number of rotatable bonds is 1. The summed E-state index contributed by atoms with van der Waals surface area (Å²) >= 11 is 4.14. The van der Waals surface area contributed by atoms with Crippen LogP contribution in [0.4, 0.5) is 0 Å². The van der Waals surface area contributed by atoms with Crippen LogP contribution in [0, 0.1) is 11.8 Å². The summed E-state index contributed by atoms with van der Waals surface area (Å²) in [4.78, 5) is 10.7. The molecule has 0 fully saturated rings. The van der Waals surface area contributed by atoms with Gasteiger partial charge in [-0.1, -0.05) is 18.1 Å². The Balaban J connectivity index is 2.84. The molecule has 3 heteroatoms. The predicted octanol–water partition coefficient (Wildman–Crippen LogP) is 1.64. The average Bonchev–Trinajstić information content (AvgIpc) is 2.26. The Morgan fingerprint density at radius 3 is 3.00 bits per heavy atom. The van der Waals surface area contributed by atoms with Crippen LogP contribution in [0.25, 0.3) is 0 Å². The van der Waals surface area contributed by atoms with Crippen LogP contribution in [0.3, 0.4) is 0 Å². The second kappa shape index (κ2) is 5.36. The van der Waals surface area contributed by atoms with E-state index in [4.69, 9.17) is 0 Å². The van der Waals surface area contributed by atoms with Crippen molar-refractivity contribution in [2.24, 2.45) is 0 Å².